The molecule has 0 saturated carbocycles. The minimum atomic E-state index is 0.633. The second-order valence-corrected chi connectivity index (χ2v) is 3.08. The van der Waals surface area contributed by atoms with Gasteiger partial charge in [-0.3, -0.25) is 4.57 Å². The van der Waals surface area contributed by atoms with Gasteiger partial charge in [-0.25, -0.2) is 9.97 Å². The van der Waals surface area contributed by atoms with Crippen LogP contribution in [0.5, 0.6) is 0 Å². The van der Waals surface area contributed by atoms with Crippen molar-refractivity contribution in [1.29, 1.82) is 0 Å². The Morgan fingerprint density at radius 2 is 2.14 bits per heavy atom. The van der Waals surface area contributed by atoms with Crippen molar-refractivity contribution in [2.45, 2.75) is 0 Å². The molecule has 2 aromatic heterocycles. The van der Waals surface area contributed by atoms with Crippen molar-refractivity contribution in [2.24, 2.45) is 0 Å². The first kappa shape index (κ1) is 8.68. The number of anilines is 1. The third kappa shape index (κ3) is 1.56. The maximum absolute atomic E-state index is 4.35. The molecular weight excluding hydrogens is 178 g/mol. The van der Waals surface area contributed by atoms with E-state index in [0.717, 1.165) is 5.82 Å². The average molecular weight is 189 g/mol. The first-order chi connectivity index (χ1) is 6.77. The number of aromatic nitrogens is 4. The molecule has 0 unspecified atom stereocenters. The van der Waals surface area contributed by atoms with E-state index >= 15 is 0 Å². The summed E-state index contributed by atoms with van der Waals surface area (Å²) in [5.74, 6) is 1.51. The standard InChI is InChI=1S/C9H11N5/c1-13(2)8-3-4-11-9(12-8)14-6-5-10-7-14/h3-7H,1-2H3. The van der Waals surface area contributed by atoms with Crippen molar-refractivity contribution >= 4 is 5.82 Å². The summed E-state index contributed by atoms with van der Waals surface area (Å²) in [7, 11) is 3.89. The van der Waals surface area contributed by atoms with Crippen LogP contribution in [-0.2, 0) is 0 Å². The molecule has 0 radical (unpaired) electrons. The van der Waals surface area contributed by atoms with Gasteiger partial charge in [-0.05, 0) is 6.07 Å². The number of hydrogen-bond acceptors (Lipinski definition) is 4. The van der Waals surface area contributed by atoms with E-state index in [1.54, 1.807) is 23.3 Å². The van der Waals surface area contributed by atoms with E-state index in [2.05, 4.69) is 15.0 Å². The maximum Gasteiger partial charge on any atom is 0.236 e. The van der Waals surface area contributed by atoms with Gasteiger partial charge in [0, 0.05) is 32.7 Å². The Kier molecular flexibility index (Phi) is 2.14. The van der Waals surface area contributed by atoms with Gasteiger partial charge < -0.3 is 4.90 Å². The fourth-order valence-electron chi connectivity index (χ4n) is 1.09. The lowest BCUT2D eigenvalue weighted by molar-refractivity contribution is 0.909. The lowest BCUT2D eigenvalue weighted by Crippen LogP contribution is -2.12. The Morgan fingerprint density at radius 3 is 2.79 bits per heavy atom. The first-order valence-electron chi connectivity index (χ1n) is 4.26. The van der Waals surface area contributed by atoms with Gasteiger partial charge in [-0.2, -0.15) is 4.98 Å². The van der Waals surface area contributed by atoms with Gasteiger partial charge in [0.1, 0.15) is 12.1 Å². The van der Waals surface area contributed by atoms with E-state index < -0.39 is 0 Å². The zero-order valence-electron chi connectivity index (χ0n) is 8.12. The molecule has 0 spiro atoms. The van der Waals surface area contributed by atoms with E-state index in [1.807, 2.05) is 31.3 Å². The van der Waals surface area contributed by atoms with Crippen LogP contribution in [0.25, 0.3) is 5.95 Å². The molecule has 0 N–H and O–H groups in total. The zero-order chi connectivity index (χ0) is 9.97. The summed E-state index contributed by atoms with van der Waals surface area (Å²) in [6.45, 7) is 0. The van der Waals surface area contributed by atoms with Gasteiger partial charge in [-0.1, -0.05) is 0 Å². The Balaban J connectivity index is 2.41. The van der Waals surface area contributed by atoms with Crippen LogP contribution in [0.4, 0.5) is 5.82 Å². The van der Waals surface area contributed by atoms with Gasteiger partial charge in [-0.15, -0.1) is 0 Å². The molecule has 0 bridgehead atoms. The molecule has 5 heteroatoms. The lowest BCUT2D eigenvalue weighted by Gasteiger charge is -2.11. The van der Waals surface area contributed by atoms with Gasteiger partial charge in [0.25, 0.3) is 0 Å². The van der Waals surface area contributed by atoms with E-state index in [1.165, 1.54) is 0 Å². The predicted molar refractivity (Wildman–Crippen MR) is 53.5 cm³/mol. The molecular formula is C9H11N5. The minimum Gasteiger partial charge on any atom is -0.363 e. The van der Waals surface area contributed by atoms with Crippen LogP contribution >= 0.6 is 0 Å². The van der Waals surface area contributed by atoms with Crippen molar-refractivity contribution < 1.29 is 0 Å². The lowest BCUT2D eigenvalue weighted by atomic mass is 10.5. The summed E-state index contributed by atoms with van der Waals surface area (Å²) in [4.78, 5) is 14.4. The van der Waals surface area contributed by atoms with Crippen molar-refractivity contribution in [1.82, 2.24) is 19.5 Å². The summed E-state index contributed by atoms with van der Waals surface area (Å²) >= 11 is 0. The van der Waals surface area contributed by atoms with Crippen LogP contribution in [0.1, 0.15) is 0 Å². The molecule has 0 saturated heterocycles. The van der Waals surface area contributed by atoms with Crippen molar-refractivity contribution in [3.63, 3.8) is 0 Å². The molecule has 0 aromatic carbocycles. The maximum atomic E-state index is 4.35. The number of hydrogen-bond donors (Lipinski definition) is 0. The Hall–Kier alpha value is -1.91. The highest BCUT2D eigenvalue weighted by molar-refractivity contribution is 5.37. The highest BCUT2D eigenvalue weighted by Gasteiger charge is 2.01. The van der Waals surface area contributed by atoms with Crippen LogP contribution in [0, 0.1) is 0 Å². The van der Waals surface area contributed by atoms with E-state index in [4.69, 9.17) is 0 Å². The third-order valence-electron chi connectivity index (χ3n) is 1.82. The van der Waals surface area contributed by atoms with E-state index in [9.17, 15) is 0 Å². The SMILES string of the molecule is CN(C)c1ccnc(-n2ccnc2)n1. The van der Waals surface area contributed by atoms with Gasteiger partial charge in [0.2, 0.25) is 5.95 Å². The summed E-state index contributed by atoms with van der Waals surface area (Å²) < 4.78 is 1.77. The van der Waals surface area contributed by atoms with Crippen molar-refractivity contribution in [2.75, 3.05) is 19.0 Å². The first-order valence-corrected chi connectivity index (χ1v) is 4.26. The monoisotopic (exact) mass is 189 g/mol. The molecule has 5 nitrogen and oxygen atoms in total. The highest BCUT2D eigenvalue weighted by atomic mass is 15.2. The largest absolute Gasteiger partial charge is 0.363 e. The van der Waals surface area contributed by atoms with E-state index in [0.29, 0.717) is 5.95 Å². The fourth-order valence-corrected chi connectivity index (χ4v) is 1.09. The highest BCUT2D eigenvalue weighted by Crippen LogP contribution is 2.07. The molecule has 0 fully saturated rings. The predicted octanol–water partition coefficient (Wildman–Crippen LogP) is 0.728. The topological polar surface area (TPSA) is 46.8 Å². The Morgan fingerprint density at radius 1 is 1.29 bits per heavy atom. The number of rotatable bonds is 2. The fraction of sp³-hybridized carbons (Fsp3) is 0.222. The zero-order valence-corrected chi connectivity index (χ0v) is 8.12. The van der Waals surface area contributed by atoms with Crippen LogP contribution in [0.2, 0.25) is 0 Å². The molecule has 2 rings (SSSR count). The van der Waals surface area contributed by atoms with Gasteiger partial charge >= 0.3 is 0 Å². The number of nitrogens with zero attached hydrogens (tertiary/aromatic N) is 5. The minimum absolute atomic E-state index is 0.633. The van der Waals surface area contributed by atoms with Crippen LogP contribution in [0.3, 0.4) is 0 Å². The smallest absolute Gasteiger partial charge is 0.236 e. The third-order valence-corrected chi connectivity index (χ3v) is 1.82. The van der Waals surface area contributed by atoms with Crippen molar-refractivity contribution in [3.05, 3.63) is 31.0 Å². The van der Waals surface area contributed by atoms with Crippen LogP contribution < -0.4 is 4.90 Å². The summed E-state index contributed by atoms with van der Waals surface area (Å²) in [6, 6.07) is 1.86. The van der Waals surface area contributed by atoms with Crippen molar-refractivity contribution in [3.8, 4) is 5.95 Å². The quantitative estimate of drug-likeness (QED) is 0.698. The summed E-state index contributed by atoms with van der Waals surface area (Å²) in [5, 5.41) is 0. The molecule has 0 aliphatic carbocycles. The second-order valence-electron chi connectivity index (χ2n) is 3.08. The van der Waals surface area contributed by atoms with Crippen LogP contribution in [-0.4, -0.2) is 33.6 Å². The van der Waals surface area contributed by atoms with E-state index in [-0.39, 0.29) is 0 Å². The molecule has 0 amide bonds. The molecule has 0 aliphatic heterocycles. The molecule has 0 atom stereocenters. The molecule has 0 aliphatic rings. The number of imidazole rings is 1. The Bertz CT molecular complexity index is 407. The normalized spacial score (nSPS) is 10.1. The second kappa shape index (κ2) is 3.45. The van der Waals surface area contributed by atoms with Crippen LogP contribution in [0.15, 0.2) is 31.0 Å². The molecule has 2 aromatic rings. The molecule has 14 heavy (non-hydrogen) atoms. The molecule has 72 valence electrons. The average Bonchev–Trinajstić information content (AvgIpc) is 2.71. The summed E-state index contributed by atoms with van der Waals surface area (Å²) in [6.07, 6.45) is 6.92. The van der Waals surface area contributed by atoms with Gasteiger partial charge in [0.05, 0.1) is 0 Å². The van der Waals surface area contributed by atoms with Gasteiger partial charge in [0.15, 0.2) is 0 Å². The molecule has 2 heterocycles. The Labute approximate surface area is 82.1 Å². The summed E-state index contributed by atoms with van der Waals surface area (Å²) in [5.41, 5.74) is 0.